The number of hydrogen-bond acceptors (Lipinski definition) is 4. The molecular weight excluding hydrogens is 280 g/mol. The molecule has 0 atom stereocenters. The van der Waals surface area contributed by atoms with Crippen molar-refractivity contribution in [1.82, 2.24) is 4.90 Å². The molecule has 0 amide bonds. The van der Waals surface area contributed by atoms with Gasteiger partial charge in [0.15, 0.2) is 5.96 Å². The molecule has 1 aromatic rings. The Labute approximate surface area is 131 Å². The number of benzene rings is 1. The van der Waals surface area contributed by atoms with Gasteiger partial charge in [0.25, 0.3) is 0 Å². The zero-order valence-electron chi connectivity index (χ0n) is 13.0. The highest BCUT2D eigenvalue weighted by Crippen LogP contribution is 2.19. The number of aliphatic imine (C=N–C) groups is 1. The summed E-state index contributed by atoms with van der Waals surface area (Å²) in [6.07, 6.45) is 2.22. The van der Waals surface area contributed by atoms with Crippen molar-refractivity contribution in [1.29, 1.82) is 0 Å². The molecule has 120 valence electrons. The molecule has 0 spiro atoms. The van der Waals surface area contributed by atoms with Crippen LogP contribution >= 0.6 is 0 Å². The van der Waals surface area contributed by atoms with E-state index in [1.807, 2.05) is 24.3 Å². The van der Waals surface area contributed by atoms with E-state index in [1.165, 1.54) is 12.7 Å². The molecule has 22 heavy (non-hydrogen) atoms. The molecule has 0 aliphatic carbocycles. The minimum atomic E-state index is -0.299. The van der Waals surface area contributed by atoms with Crippen LogP contribution in [0.15, 0.2) is 29.3 Å². The molecule has 1 aromatic carbocycles. The summed E-state index contributed by atoms with van der Waals surface area (Å²) < 4.78 is 4.70. The van der Waals surface area contributed by atoms with Gasteiger partial charge in [-0.1, -0.05) is 12.1 Å². The normalized spacial score (nSPS) is 16.2. The fraction of sp³-hybridized carbons (Fsp3) is 0.500. The van der Waals surface area contributed by atoms with Gasteiger partial charge in [-0.05, 0) is 49.5 Å². The van der Waals surface area contributed by atoms with E-state index in [0.717, 1.165) is 39.0 Å². The van der Waals surface area contributed by atoms with Gasteiger partial charge in [-0.25, -0.2) is 4.79 Å². The maximum absolute atomic E-state index is 11.4. The molecule has 4 N–H and O–H groups in total. The lowest BCUT2D eigenvalue weighted by Gasteiger charge is -2.31. The Kier molecular flexibility index (Phi) is 5.77. The largest absolute Gasteiger partial charge is 0.465 e. The summed E-state index contributed by atoms with van der Waals surface area (Å²) >= 11 is 0. The fourth-order valence-corrected chi connectivity index (χ4v) is 2.68. The number of carbonyl (C=O) groups excluding carboxylic acids is 1. The van der Waals surface area contributed by atoms with Crippen LogP contribution < -0.4 is 11.5 Å². The van der Waals surface area contributed by atoms with Gasteiger partial charge >= 0.3 is 5.97 Å². The average Bonchev–Trinajstić information content (AvgIpc) is 2.54. The van der Waals surface area contributed by atoms with Crippen LogP contribution in [0.3, 0.4) is 0 Å². The third kappa shape index (κ3) is 4.73. The van der Waals surface area contributed by atoms with Crippen molar-refractivity contribution in [2.75, 3.05) is 26.7 Å². The summed E-state index contributed by atoms with van der Waals surface area (Å²) in [5, 5.41) is 0. The Balaban J connectivity index is 1.81. The molecule has 1 fully saturated rings. The van der Waals surface area contributed by atoms with Crippen molar-refractivity contribution in [3.63, 3.8) is 0 Å². The molecule has 0 saturated carbocycles. The molecule has 6 nitrogen and oxygen atoms in total. The Bertz CT molecular complexity index is 515. The lowest BCUT2D eigenvalue weighted by atomic mass is 9.96. The number of hydrogen-bond donors (Lipinski definition) is 2. The van der Waals surface area contributed by atoms with Crippen LogP contribution in [-0.2, 0) is 11.3 Å². The standard InChI is InChI=1S/C16H24N4O2/c1-22-15(21)14-4-2-13(3-5-14)11-20-8-6-12(7-9-20)10-19-16(17)18/h2-5,12H,6-11H2,1H3,(H4,17,18,19). The summed E-state index contributed by atoms with van der Waals surface area (Å²) in [6, 6.07) is 7.59. The van der Waals surface area contributed by atoms with Crippen LogP contribution in [0, 0.1) is 5.92 Å². The number of rotatable bonds is 5. The SMILES string of the molecule is COC(=O)c1ccc(CN2CCC(CN=C(N)N)CC2)cc1. The molecule has 0 bridgehead atoms. The fourth-order valence-electron chi connectivity index (χ4n) is 2.68. The summed E-state index contributed by atoms with van der Waals surface area (Å²) in [6.45, 7) is 3.72. The first-order valence-corrected chi connectivity index (χ1v) is 7.53. The van der Waals surface area contributed by atoms with Gasteiger partial charge in [-0.3, -0.25) is 9.89 Å². The van der Waals surface area contributed by atoms with Crippen LogP contribution in [0.1, 0.15) is 28.8 Å². The first kappa shape index (κ1) is 16.3. The smallest absolute Gasteiger partial charge is 0.337 e. The number of esters is 1. The minimum absolute atomic E-state index is 0.174. The highest BCUT2D eigenvalue weighted by atomic mass is 16.5. The van der Waals surface area contributed by atoms with Crippen LogP contribution in [0.5, 0.6) is 0 Å². The highest BCUT2D eigenvalue weighted by Gasteiger charge is 2.19. The van der Waals surface area contributed by atoms with Crippen molar-refractivity contribution in [3.8, 4) is 0 Å². The van der Waals surface area contributed by atoms with Crippen molar-refractivity contribution in [2.45, 2.75) is 19.4 Å². The number of nitrogens with zero attached hydrogens (tertiary/aromatic N) is 2. The predicted octanol–water partition coefficient (Wildman–Crippen LogP) is 0.959. The van der Waals surface area contributed by atoms with Crippen molar-refractivity contribution in [3.05, 3.63) is 35.4 Å². The molecule has 1 heterocycles. The summed E-state index contributed by atoms with van der Waals surface area (Å²) in [7, 11) is 1.39. The highest BCUT2D eigenvalue weighted by molar-refractivity contribution is 5.89. The lowest BCUT2D eigenvalue weighted by molar-refractivity contribution is 0.0600. The molecule has 0 radical (unpaired) electrons. The topological polar surface area (TPSA) is 93.9 Å². The van der Waals surface area contributed by atoms with Gasteiger partial charge < -0.3 is 16.2 Å². The average molecular weight is 304 g/mol. The molecule has 1 saturated heterocycles. The van der Waals surface area contributed by atoms with E-state index in [2.05, 4.69) is 9.89 Å². The van der Waals surface area contributed by atoms with Gasteiger partial charge in [0.05, 0.1) is 12.7 Å². The van der Waals surface area contributed by atoms with Crippen LogP contribution in [0.2, 0.25) is 0 Å². The second kappa shape index (κ2) is 7.79. The predicted molar refractivity (Wildman–Crippen MR) is 86.5 cm³/mol. The number of ether oxygens (including phenoxy) is 1. The van der Waals surface area contributed by atoms with Gasteiger partial charge in [0.2, 0.25) is 0 Å². The third-order valence-corrected chi connectivity index (χ3v) is 4.02. The maximum atomic E-state index is 11.4. The first-order valence-electron chi connectivity index (χ1n) is 7.53. The van der Waals surface area contributed by atoms with Gasteiger partial charge in [0, 0.05) is 13.1 Å². The Morgan fingerprint density at radius 1 is 1.27 bits per heavy atom. The van der Waals surface area contributed by atoms with E-state index in [9.17, 15) is 4.79 Å². The van der Waals surface area contributed by atoms with E-state index in [1.54, 1.807) is 0 Å². The third-order valence-electron chi connectivity index (χ3n) is 4.02. The lowest BCUT2D eigenvalue weighted by Crippen LogP contribution is -2.34. The van der Waals surface area contributed by atoms with Crippen LogP contribution in [-0.4, -0.2) is 43.6 Å². The summed E-state index contributed by atoms with van der Waals surface area (Å²) in [4.78, 5) is 17.9. The molecule has 0 unspecified atom stereocenters. The van der Waals surface area contributed by atoms with Crippen molar-refractivity contribution >= 4 is 11.9 Å². The number of piperidine rings is 1. The second-order valence-electron chi connectivity index (χ2n) is 5.67. The molecule has 2 rings (SSSR count). The van der Waals surface area contributed by atoms with E-state index < -0.39 is 0 Å². The zero-order chi connectivity index (χ0) is 15.9. The Morgan fingerprint density at radius 3 is 2.45 bits per heavy atom. The quantitative estimate of drug-likeness (QED) is 0.480. The molecule has 1 aliphatic heterocycles. The van der Waals surface area contributed by atoms with Gasteiger partial charge in [-0.2, -0.15) is 0 Å². The second-order valence-corrected chi connectivity index (χ2v) is 5.67. The Morgan fingerprint density at radius 2 is 1.91 bits per heavy atom. The monoisotopic (exact) mass is 304 g/mol. The summed E-state index contributed by atoms with van der Waals surface area (Å²) in [5.74, 6) is 0.445. The molecule has 0 aromatic heterocycles. The van der Waals surface area contributed by atoms with E-state index in [4.69, 9.17) is 16.2 Å². The molecule has 1 aliphatic rings. The number of methoxy groups -OCH3 is 1. The zero-order valence-corrected chi connectivity index (χ0v) is 13.0. The van der Waals surface area contributed by atoms with Crippen molar-refractivity contribution < 1.29 is 9.53 Å². The maximum Gasteiger partial charge on any atom is 0.337 e. The number of likely N-dealkylation sites (tertiary alicyclic amines) is 1. The Hall–Kier alpha value is -2.08. The first-order chi connectivity index (χ1) is 10.6. The number of guanidine groups is 1. The van der Waals surface area contributed by atoms with Crippen molar-refractivity contribution in [2.24, 2.45) is 22.4 Å². The van der Waals surface area contributed by atoms with E-state index in [-0.39, 0.29) is 11.9 Å². The number of nitrogens with two attached hydrogens (primary N) is 2. The summed E-state index contributed by atoms with van der Waals surface area (Å²) in [5.41, 5.74) is 12.5. The van der Waals surface area contributed by atoms with Gasteiger partial charge in [0.1, 0.15) is 0 Å². The van der Waals surface area contributed by atoms with Crippen LogP contribution in [0.4, 0.5) is 0 Å². The number of carbonyl (C=O) groups is 1. The van der Waals surface area contributed by atoms with Crippen LogP contribution in [0.25, 0.3) is 0 Å². The van der Waals surface area contributed by atoms with Gasteiger partial charge in [-0.15, -0.1) is 0 Å². The van der Waals surface area contributed by atoms with E-state index >= 15 is 0 Å². The minimum Gasteiger partial charge on any atom is -0.465 e. The molecular formula is C16H24N4O2. The van der Waals surface area contributed by atoms with E-state index in [0.29, 0.717) is 11.5 Å². The molecule has 6 heteroatoms.